The van der Waals surface area contributed by atoms with E-state index in [1.54, 1.807) is 17.8 Å². The van der Waals surface area contributed by atoms with Crippen molar-refractivity contribution >= 4 is 35.0 Å². The van der Waals surface area contributed by atoms with Gasteiger partial charge in [0.15, 0.2) is 0 Å². The van der Waals surface area contributed by atoms with Crippen LogP contribution in [0.1, 0.15) is 17.2 Å². The Morgan fingerprint density at radius 1 is 1.11 bits per heavy atom. The highest BCUT2D eigenvalue weighted by Gasteiger charge is 2.09. The van der Waals surface area contributed by atoms with Crippen molar-refractivity contribution in [3.05, 3.63) is 63.6 Å². The molecular formula is C15H15Cl2NS. The van der Waals surface area contributed by atoms with E-state index in [4.69, 9.17) is 28.9 Å². The Bertz CT molecular complexity index is 572. The van der Waals surface area contributed by atoms with Gasteiger partial charge >= 0.3 is 0 Å². The Morgan fingerprint density at radius 2 is 1.84 bits per heavy atom. The second-order valence-corrected chi connectivity index (χ2v) is 6.23. The van der Waals surface area contributed by atoms with Gasteiger partial charge in [0.2, 0.25) is 0 Å². The van der Waals surface area contributed by atoms with Crippen molar-refractivity contribution in [3.8, 4) is 0 Å². The maximum Gasteiger partial charge on any atom is 0.0595 e. The van der Waals surface area contributed by atoms with Crippen molar-refractivity contribution in [2.75, 3.05) is 5.75 Å². The maximum atomic E-state index is 6.19. The highest BCUT2D eigenvalue weighted by Crippen LogP contribution is 2.29. The third-order valence-corrected chi connectivity index (χ3v) is 4.92. The molecule has 2 rings (SSSR count). The van der Waals surface area contributed by atoms with Crippen LogP contribution >= 0.6 is 35.0 Å². The fraction of sp³-hybridized carbons (Fsp3) is 0.200. The third kappa shape index (κ3) is 3.90. The SMILES string of the molecule is Cc1ccccc1SCC(N)c1ccc(Cl)c(Cl)c1. The normalized spacial score (nSPS) is 12.4. The topological polar surface area (TPSA) is 26.0 Å². The van der Waals surface area contributed by atoms with Crippen molar-refractivity contribution in [2.45, 2.75) is 17.9 Å². The summed E-state index contributed by atoms with van der Waals surface area (Å²) >= 11 is 13.7. The van der Waals surface area contributed by atoms with Gasteiger partial charge in [0.05, 0.1) is 10.0 Å². The van der Waals surface area contributed by atoms with E-state index in [0.29, 0.717) is 10.0 Å². The lowest BCUT2D eigenvalue weighted by atomic mass is 10.1. The van der Waals surface area contributed by atoms with E-state index in [-0.39, 0.29) is 6.04 Å². The molecule has 1 atom stereocenters. The van der Waals surface area contributed by atoms with E-state index >= 15 is 0 Å². The second-order valence-electron chi connectivity index (χ2n) is 4.36. The summed E-state index contributed by atoms with van der Waals surface area (Å²) in [5.41, 5.74) is 8.47. The molecule has 0 spiro atoms. The molecule has 0 saturated heterocycles. The molecule has 2 N–H and O–H groups in total. The first-order valence-corrected chi connectivity index (χ1v) is 7.71. The molecular weight excluding hydrogens is 297 g/mol. The molecule has 100 valence electrons. The third-order valence-electron chi connectivity index (χ3n) is 2.88. The van der Waals surface area contributed by atoms with E-state index in [1.807, 2.05) is 24.3 Å². The average Bonchev–Trinajstić information content (AvgIpc) is 2.40. The molecule has 0 aliphatic rings. The number of rotatable bonds is 4. The van der Waals surface area contributed by atoms with Crippen LogP contribution in [0.2, 0.25) is 10.0 Å². The van der Waals surface area contributed by atoms with Crippen LogP contribution in [0.15, 0.2) is 47.4 Å². The van der Waals surface area contributed by atoms with Crippen LogP contribution in [0.25, 0.3) is 0 Å². The van der Waals surface area contributed by atoms with Crippen molar-refractivity contribution in [3.63, 3.8) is 0 Å². The zero-order valence-electron chi connectivity index (χ0n) is 10.6. The van der Waals surface area contributed by atoms with Gasteiger partial charge in [0.1, 0.15) is 0 Å². The van der Waals surface area contributed by atoms with Crippen molar-refractivity contribution < 1.29 is 0 Å². The molecule has 0 heterocycles. The Labute approximate surface area is 128 Å². The predicted molar refractivity (Wildman–Crippen MR) is 85.3 cm³/mol. The molecule has 0 aromatic heterocycles. The molecule has 1 unspecified atom stereocenters. The molecule has 0 aliphatic carbocycles. The number of benzene rings is 2. The first kappa shape index (κ1) is 14.7. The van der Waals surface area contributed by atoms with E-state index in [0.717, 1.165) is 11.3 Å². The summed E-state index contributed by atoms with van der Waals surface area (Å²) in [6.07, 6.45) is 0. The maximum absolute atomic E-state index is 6.19. The second kappa shape index (κ2) is 6.67. The molecule has 0 aliphatic heterocycles. The molecule has 19 heavy (non-hydrogen) atoms. The highest BCUT2D eigenvalue weighted by atomic mass is 35.5. The fourth-order valence-electron chi connectivity index (χ4n) is 1.74. The van der Waals surface area contributed by atoms with E-state index in [1.165, 1.54) is 10.5 Å². The van der Waals surface area contributed by atoms with Gasteiger partial charge in [-0.3, -0.25) is 0 Å². The lowest BCUT2D eigenvalue weighted by Crippen LogP contribution is -2.13. The standard InChI is InChI=1S/C15H15Cl2NS/c1-10-4-2-3-5-15(10)19-9-14(18)11-6-7-12(16)13(17)8-11/h2-8,14H,9,18H2,1H3. The molecule has 4 heteroatoms. The lowest BCUT2D eigenvalue weighted by Gasteiger charge is -2.13. The molecule has 1 nitrogen and oxygen atoms in total. The zero-order chi connectivity index (χ0) is 13.8. The van der Waals surface area contributed by atoms with E-state index < -0.39 is 0 Å². The number of nitrogens with two attached hydrogens (primary N) is 1. The van der Waals surface area contributed by atoms with Crippen LogP contribution in [-0.2, 0) is 0 Å². The number of aryl methyl sites for hydroxylation is 1. The van der Waals surface area contributed by atoms with Crippen LogP contribution in [0.4, 0.5) is 0 Å². The molecule has 0 radical (unpaired) electrons. The smallest absolute Gasteiger partial charge is 0.0595 e. The molecule has 2 aromatic carbocycles. The highest BCUT2D eigenvalue weighted by molar-refractivity contribution is 7.99. The minimum Gasteiger partial charge on any atom is -0.323 e. The minimum atomic E-state index is -0.0561. The largest absolute Gasteiger partial charge is 0.323 e. The van der Waals surface area contributed by atoms with Gasteiger partial charge < -0.3 is 5.73 Å². The minimum absolute atomic E-state index is 0.0561. The fourth-order valence-corrected chi connectivity index (χ4v) is 3.07. The number of hydrogen-bond acceptors (Lipinski definition) is 2. The summed E-state index contributed by atoms with van der Waals surface area (Å²) < 4.78 is 0. The molecule has 0 amide bonds. The Morgan fingerprint density at radius 3 is 2.53 bits per heavy atom. The molecule has 0 saturated carbocycles. The first-order chi connectivity index (χ1) is 9.08. The monoisotopic (exact) mass is 311 g/mol. The summed E-state index contributed by atoms with van der Waals surface area (Å²) in [7, 11) is 0. The van der Waals surface area contributed by atoms with Crippen molar-refractivity contribution in [2.24, 2.45) is 5.73 Å². The zero-order valence-corrected chi connectivity index (χ0v) is 12.9. The van der Waals surface area contributed by atoms with Crippen LogP contribution < -0.4 is 5.73 Å². The van der Waals surface area contributed by atoms with Crippen LogP contribution in [0.5, 0.6) is 0 Å². The van der Waals surface area contributed by atoms with Crippen molar-refractivity contribution in [1.29, 1.82) is 0 Å². The Hall–Kier alpha value is -0.670. The number of halogens is 2. The van der Waals surface area contributed by atoms with Gasteiger partial charge in [-0.05, 0) is 36.2 Å². The summed E-state index contributed by atoms with van der Waals surface area (Å²) in [5.74, 6) is 0.808. The number of hydrogen-bond donors (Lipinski definition) is 1. The lowest BCUT2D eigenvalue weighted by molar-refractivity contribution is 0.831. The predicted octanol–water partition coefficient (Wildman–Crippen LogP) is 5.09. The van der Waals surface area contributed by atoms with E-state index in [2.05, 4.69) is 19.1 Å². The molecule has 0 fully saturated rings. The van der Waals surface area contributed by atoms with E-state index in [9.17, 15) is 0 Å². The Balaban J connectivity index is 2.03. The quantitative estimate of drug-likeness (QED) is 0.795. The van der Waals surface area contributed by atoms with Gasteiger partial charge in [-0.15, -0.1) is 11.8 Å². The van der Waals surface area contributed by atoms with Crippen LogP contribution in [-0.4, -0.2) is 5.75 Å². The average molecular weight is 312 g/mol. The van der Waals surface area contributed by atoms with Gasteiger partial charge in [0.25, 0.3) is 0 Å². The Kier molecular flexibility index (Phi) is 5.17. The number of thioether (sulfide) groups is 1. The van der Waals surface area contributed by atoms with Crippen LogP contribution in [0, 0.1) is 6.92 Å². The van der Waals surface area contributed by atoms with Gasteiger partial charge in [-0.25, -0.2) is 0 Å². The summed E-state index contributed by atoms with van der Waals surface area (Å²) in [4.78, 5) is 1.26. The molecule has 2 aromatic rings. The van der Waals surface area contributed by atoms with Gasteiger partial charge in [-0.1, -0.05) is 47.5 Å². The van der Waals surface area contributed by atoms with Gasteiger partial charge in [-0.2, -0.15) is 0 Å². The van der Waals surface area contributed by atoms with Crippen LogP contribution in [0.3, 0.4) is 0 Å². The summed E-state index contributed by atoms with van der Waals surface area (Å²) in [5, 5.41) is 1.11. The summed E-state index contributed by atoms with van der Waals surface area (Å²) in [6, 6.07) is 13.8. The first-order valence-electron chi connectivity index (χ1n) is 5.97. The van der Waals surface area contributed by atoms with Gasteiger partial charge in [0, 0.05) is 16.7 Å². The molecule has 0 bridgehead atoms. The van der Waals surface area contributed by atoms with Crippen molar-refractivity contribution in [1.82, 2.24) is 0 Å². The summed E-state index contributed by atoms with van der Waals surface area (Å²) in [6.45, 7) is 2.10.